The lowest BCUT2D eigenvalue weighted by Crippen LogP contribution is -2.20. The first-order valence-corrected chi connectivity index (χ1v) is 4.16. The SMILES string of the molecule is C=C(C)CN(C)c1ccncc1N. The molecule has 13 heavy (non-hydrogen) atoms. The van der Waals surface area contributed by atoms with E-state index in [1.807, 2.05) is 20.0 Å². The number of anilines is 2. The second-order valence-electron chi connectivity index (χ2n) is 3.25. The van der Waals surface area contributed by atoms with Crippen LogP contribution in [0.5, 0.6) is 0 Å². The molecule has 0 radical (unpaired) electrons. The van der Waals surface area contributed by atoms with E-state index >= 15 is 0 Å². The molecule has 0 aliphatic heterocycles. The quantitative estimate of drug-likeness (QED) is 0.714. The van der Waals surface area contributed by atoms with Crippen LogP contribution in [0.4, 0.5) is 11.4 Å². The van der Waals surface area contributed by atoms with Crippen LogP contribution in [-0.2, 0) is 0 Å². The van der Waals surface area contributed by atoms with Crippen molar-refractivity contribution in [3.63, 3.8) is 0 Å². The highest BCUT2D eigenvalue weighted by atomic mass is 15.1. The molecule has 2 N–H and O–H groups in total. The summed E-state index contributed by atoms with van der Waals surface area (Å²) >= 11 is 0. The molecule has 0 saturated heterocycles. The van der Waals surface area contributed by atoms with Gasteiger partial charge in [0, 0.05) is 19.8 Å². The van der Waals surface area contributed by atoms with Crippen LogP contribution >= 0.6 is 0 Å². The van der Waals surface area contributed by atoms with Gasteiger partial charge < -0.3 is 10.6 Å². The molecule has 0 atom stereocenters. The Kier molecular flexibility index (Phi) is 2.90. The Hall–Kier alpha value is -1.51. The zero-order chi connectivity index (χ0) is 9.84. The monoisotopic (exact) mass is 177 g/mol. The molecule has 0 aliphatic rings. The Morgan fingerprint density at radius 2 is 2.38 bits per heavy atom. The predicted molar refractivity (Wildman–Crippen MR) is 56.7 cm³/mol. The second kappa shape index (κ2) is 3.94. The zero-order valence-corrected chi connectivity index (χ0v) is 8.12. The van der Waals surface area contributed by atoms with Crippen LogP contribution in [0.1, 0.15) is 6.92 Å². The van der Waals surface area contributed by atoms with Crippen molar-refractivity contribution >= 4 is 11.4 Å². The summed E-state index contributed by atoms with van der Waals surface area (Å²) in [5.74, 6) is 0. The van der Waals surface area contributed by atoms with Crippen LogP contribution in [0.25, 0.3) is 0 Å². The molecule has 0 aliphatic carbocycles. The standard InChI is InChI=1S/C10H15N3/c1-8(2)7-13(3)10-4-5-12-6-9(10)11/h4-6H,1,7,11H2,2-3H3. The Balaban J connectivity index is 2.82. The predicted octanol–water partition coefficient (Wildman–Crippen LogP) is 1.68. The first kappa shape index (κ1) is 9.58. The van der Waals surface area contributed by atoms with Crippen LogP contribution in [-0.4, -0.2) is 18.6 Å². The molecule has 1 rings (SSSR count). The lowest BCUT2D eigenvalue weighted by molar-refractivity contribution is 0.984. The molecule has 0 unspecified atom stereocenters. The zero-order valence-electron chi connectivity index (χ0n) is 8.12. The normalized spacial score (nSPS) is 9.69. The van der Waals surface area contributed by atoms with E-state index in [2.05, 4.69) is 16.5 Å². The Bertz CT molecular complexity index is 307. The summed E-state index contributed by atoms with van der Waals surface area (Å²) in [5, 5.41) is 0. The third-order valence-corrected chi connectivity index (χ3v) is 1.75. The Morgan fingerprint density at radius 3 is 2.92 bits per heavy atom. The highest BCUT2D eigenvalue weighted by Crippen LogP contribution is 2.19. The van der Waals surface area contributed by atoms with Gasteiger partial charge in [-0.3, -0.25) is 4.98 Å². The van der Waals surface area contributed by atoms with Crippen LogP contribution in [0, 0.1) is 0 Å². The maximum atomic E-state index is 5.76. The number of nitrogen functional groups attached to an aromatic ring is 1. The van der Waals surface area contributed by atoms with E-state index in [9.17, 15) is 0 Å². The van der Waals surface area contributed by atoms with Gasteiger partial charge in [0.2, 0.25) is 0 Å². The molecule has 3 nitrogen and oxygen atoms in total. The minimum atomic E-state index is 0.700. The smallest absolute Gasteiger partial charge is 0.0738 e. The third kappa shape index (κ3) is 2.47. The van der Waals surface area contributed by atoms with Crippen LogP contribution < -0.4 is 10.6 Å². The number of hydrogen-bond donors (Lipinski definition) is 1. The van der Waals surface area contributed by atoms with Crippen molar-refractivity contribution in [3.8, 4) is 0 Å². The largest absolute Gasteiger partial charge is 0.396 e. The van der Waals surface area contributed by atoms with Crippen molar-refractivity contribution in [2.75, 3.05) is 24.2 Å². The summed E-state index contributed by atoms with van der Waals surface area (Å²) < 4.78 is 0. The molecule has 1 aromatic rings. The molecule has 1 aromatic heterocycles. The summed E-state index contributed by atoms with van der Waals surface area (Å²) in [7, 11) is 1.99. The van der Waals surface area contributed by atoms with Gasteiger partial charge in [-0.15, -0.1) is 0 Å². The van der Waals surface area contributed by atoms with Crippen LogP contribution in [0.3, 0.4) is 0 Å². The Morgan fingerprint density at radius 1 is 1.69 bits per heavy atom. The number of nitrogens with two attached hydrogens (primary N) is 1. The molecule has 0 bridgehead atoms. The van der Waals surface area contributed by atoms with Gasteiger partial charge in [-0.2, -0.15) is 0 Å². The lowest BCUT2D eigenvalue weighted by atomic mass is 10.3. The van der Waals surface area contributed by atoms with Crippen molar-refractivity contribution in [3.05, 3.63) is 30.6 Å². The molecule has 0 fully saturated rings. The molecule has 0 aromatic carbocycles. The van der Waals surface area contributed by atoms with Gasteiger partial charge >= 0.3 is 0 Å². The van der Waals surface area contributed by atoms with Crippen LogP contribution in [0.15, 0.2) is 30.6 Å². The topological polar surface area (TPSA) is 42.2 Å². The number of aromatic nitrogens is 1. The maximum Gasteiger partial charge on any atom is 0.0738 e. The average Bonchev–Trinajstić information content (AvgIpc) is 2.03. The highest BCUT2D eigenvalue weighted by molar-refractivity contribution is 5.65. The molecule has 0 spiro atoms. The average molecular weight is 177 g/mol. The van der Waals surface area contributed by atoms with Crippen LogP contribution in [0.2, 0.25) is 0 Å². The molecule has 70 valence electrons. The van der Waals surface area contributed by atoms with Gasteiger partial charge in [-0.05, 0) is 13.0 Å². The van der Waals surface area contributed by atoms with Crippen molar-refractivity contribution in [2.24, 2.45) is 0 Å². The number of likely N-dealkylation sites (N-methyl/N-ethyl adjacent to an activating group) is 1. The highest BCUT2D eigenvalue weighted by Gasteiger charge is 2.03. The van der Waals surface area contributed by atoms with E-state index in [4.69, 9.17) is 5.73 Å². The van der Waals surface area contributed by atoms with E-state index in [1.165, 1.54) is 0 Å². The summed E-state index contributed by atoms with van der Waals surface area (Å²) in [6.45, 7) is 6.66. The molecule has 3 heteroatoms. The van der Waals surface area contributed by atoms with Gasteiger partial charge in [0.05, 0.1) is 17.6 Å². The number of nitrogens with zero attached hydrogens (tertiary/aromatic N) is 2. The molecule has 0 saturated carbocycles. The first-order chi connectivity index (χ1) is 6.11. The van der Waals surface area contributed by atoms with Crippen molar-refractivity contribution < 1.29 is 0 Å². The van der Waals surface area contributed by atoms with Crippen molar-refractivity contribution in [1.82, 2.24) is 4.98 Å². The van der Waals surface area contributed by atoms with Gasteiger partial charge in [-0.1, -0.05) is 12.2 Å². The van der Waals surface area contributed by atoms with Gasteiger partial charge in [0.1, 0.15) is 0 Å². The second-order valence-corrected chi connectivity index (χ2v) is 3.25. The van der Waals surface area contributed by atoms with Gasteiger partial charge in [0.15, 0.2) is 0 Å². The lowest BCUT2D eigenvalue weighted by Gasteiger charge is -2.20. The van der Waals surface area contributed by atoms with Crippen molar-refractivity contribution in [1.29, 1.82) is 0 Å². The third-order valence-electron chi connectivity index (χ3n) is 1.75. The minimum absolute atomic E-state index is 0.700. The van der Waals surface area contributed by atoms with E-state index < -0.39 is 0 Å². The van der Waals surface area contributed by atoms with E-state index in [0.717, 1.165) is 17.8 Å². The number of hydrogen-bond acceptors (Lipinski definition) is 3. The summed E-state index contributed by atoms with van der Waals surface area (Å²) in [6, 6.07) is 1.90. The van der Waals surface area contributed by atoms with Crippen molar-refractivity contribution in [2.45, 2.75) is 6.92 Å². The summed E-state index contributed by atoms with van der Waals surface area (Å²) in [4.78, 5) is 5.99. The molecule has 0 amide bonds. The minimum Gasteiger partial charge on any atom is -0.396 e. The molecule has 1 heterocycles. The fraction of sp³-hybridized carbons (Fsp3) is 0.300. The first-order valence-electron chi connectivity index (χ1n) is 4.16. The van der Waals surface area contributed by atoms with E-state index in [1.54, 1.807) is 12.4 Å². The molecular formula is C10H15N3. The van der Waals surface area contributed by atoms with Gasteiger partial charge in [-0.25, -0.2) is 0 Å². The fourth-order valence-corrected chi connectivity index (χ4v) is 1.24. The fourth-order valence-electron chi connectivity index (χ4n) is 1.24. The number of rotatable bonds is 3. The Labute approximate surface area is 78.9 Å². The van der Waals surface area contributed by atoms with E-state index in [0.29, 0.717) is 5.69 Å². The molecular weight excluding hydrogens is 162 g/mol. The van der Waals surface area contributed by atoms with Gasteiger partial charge in [0.25, 0.3) is 0 Å². The summed E-state index contributed by atoms with van der Waals surface area (Å²) in [6.07, 6.45) is 3.39. The van der Waals surface area contributed by atoms with E-state index in [-0.39, 0.29) is 0 Å². The number of pyridine rings is 1. The summed E-state index contributed by atoms with van der Waals surface area (Å²) in [5.41, 5.74) is 8.57. The maximum absolute atomic E-state index is 5.76.